The first-order valence-electron chi connectivity index (χ1n) is 6.55. The number of anilines is 2. The molecule has 0 radical (unpaired) electrons. The maximum atomic E-state index is 11.0. The highest BCUT2D eigenvalue weighted by Crippen LogP contribution is 2.25. The van der Waals surface area contributed by atoms with Crippen LogP contribution in [0.4, 0.5) is 11.5 Å². The van der Waals surface area contributed by atoms with E-state index in [2.05, 4.69) is 31.1 Å². The summed E-state index contributed by atoms with van der Waals surface area (Å²) in [7, 11) is 0. The predicted octanol–water partition coefficient (Wildman–Crippen LogP) is 4.47. The second kappa shape index (κ2) is 5.74. The second-order valence-corrected chi connectivity index (χ2v) is 6.19. The summed E-state index contributed by atoms with van der Waals surface area (Å²) >= 11 is 5.79. The number of benzene rings is 1. The first kappa shape index (κ1) is 15.3. The van der Waals surface area contributed by atoms with Gasteiger partial charge in [-0.05, 0) is 35.2 Å². The maximum Gasteiger partial charge on any atom is 0.356 e. The fourth-order valence-electron chi connectivity index (χ4n) is 1.86. The minimum absolute atomic E-state index is 0.0908. The van der Waals surface area contributed by atoms with Gasteiger partial charge < -0.3 is 10.4 Å². The molecule has 1 heterocycles. The molecule has 0 aliphatic rings. The van der Waals surface area contributed by atoms with Crippen molar-refractivity contribution in [3.05, 3.63) is 52.7 Å². The predicted molar refractivity (Wildman–Crippen MR) is 84.6 cm³/mol. The van der Waals surface area contributed by atoms with E-state index in [4.69, 9.17) is 16.7 Å². The first-order valence-corrected chi connectivity index (χ1v) is 6.92. The number of carbonyl (C=O) groups is 1. The van der Waals surface area contributed by atoms with Crippen molar-refractivity contribution < 1.29 is 9.90 Å². The van der Waals surface area contributed by atoms with Crippen molar-refractivity contribution in [2.75, 3.05) is 5.32 Å². The molecule has 0 bridgehead atoms. The van der Waals surface area contributed by atoms with Gasteiger partial charge in [-0.3, -0.25) is 0 Å². The summed E-state index contributed by atoms with van der Waals surface area (Å²) in [6, 6.07) is 11.1. The van der Waals surface area contributed by atoms with E-state index in [1.54, 1.807) is 6.07 Å². The number of carboxylic acid groups (broad SMARTS) is 1. The van der Waals surface area contributed by atoms with Gasteiger partial charge in [-0.2, -0.15) is 0 Å². The quantitative estimate of drug-likeness (QED) is 0.878. The Balaban J connectivity index is 2.22. The van der Waals surface area contributed by atoms with Gasteiger partial charge in [-0.25, -0.2) is 9.78 Å². The summed E-state index contributed by atoms with van der Waals surface area (Å²) in [6.07, 6.45) is 0. The molecule has 4 nitrogen and oxygen atoms in total. The summed E-state index contributed by atoms with van der Waals surface area (Å²) < 4.78 is 0. The molecule has 0 saturated carbocycles. The van der Waals surface area contributed by atoms with Crippen LogP contribution in [0.2, 0.25) is 5.02 Å². The number of halogens is 1. The van der Waals surface area contributed by atoms with E-state index in [0.29, 0.717) is 5.82 Å². The van der Waals surface area contributed by atoms with Crippen LogP contribution in [0.5, 0.6) is 0 Å². The highest BCUT2D eigenvalue weighted by molar-refractivity contribution is 6.33. The zero-order valence-corrected chi connectivity index (χ0v) is 12.9. The summed E-state index contributed by atoms with van der Waals surface area (Å²) in [5.41, 5.74) is 2.00. The molecule has 0 saturated heterocycles. The molecule has 0 atom stereocenters. The Bertz CT molecular complexity index is 661. The molecule has 110 valence electrons. The van der Waals surface area contributed by atoms with Crippen LogP contribution in [0.15, 0.2) is 36.4 Å². The molecule has 0 spiro atoms. The van der Waals surface area contributed by atoms with Gasteiger partial charge in [0.2, 0.25) is 0 Å². The van der Waals surface area contributed by atoms with Crippen LogP contribution in [0.25, 0.3) is 0 Å². The summed E-state index contributed by atoms with van der Waals surface area (Å²) in [5, 5.41) is 12.2. The Morgan fingerprint density at radius 3 is 2.29 bits per heavy atom. The molecule has 1 aromatic heterocycles. The number of hydrogen-bond donors (Lipinski definition) is 2. The maximum absolute atomic E-state index is 11.0. The van der Waals surface area contributed by atoms with E-state index in [-0.39, 0.29) is 16.1 Å². The lowest BCUT2D eigenvalue weighted by molar-refractivity contribution is 0.0691. The standard InChI is InChI=1S/C16H17ClN2O2/c1-16(2,3)10-4-6-11(7-5-10)18-13-9-8-12(17)14(19-13)15(20)21/h4-9H,1-3H3,(H,18,19)(H,20,21). The van der Waals surface area contributed by atoms with Crippen molar-refractivity contribution >= 4 is 29.1 Å². The van der Waals surface area contributed by atoms with Crippen LogP contribution in [-0.2, 0) is 5.41 Å². The average Bonchev–Trinajstić information content (AvgIpc) is 2.40. The van der Waals surface area contributed by atoms with Gasteiger partial charge in [-0.1, -0.05) is 44.5 Å². The number of rotatable bonds is 3. The molecule has 2 rings (SSSR count). The van der Waals surface area contributed by atoms with Crippen LogP contribution in [0.1, 0.15) is 36.8 Å². The van der Waals surface area contributed by atoms with Crippen LogP contribution in [-0.4, -0.2) is 16.1 Å². The number of pyridine rings is 1. The minimum Gasteiger partial charge on any atom is -0.476 e. The third kappa shape index (κ3) is 3.73. The largest absolute Gasteiger partial charge is 0.476 e. The lowest BCUT2D eigenvalue weighted by Gasteiger charge is -2.19. The van der Waals surface area contributed by atoms with Crippen LogP contribution in [0, 0.1) is 0 Å². The molecule has 0 amide bonds. The topological polar surface area (TPSA) is 62.2 Å². The number of aromatic nitrogens is 1. The fourth-order valence-corrected chi connectivity index (χ4v) is 2.05. The number of nitrogens with one attached hydrogen (secondary N) is 1. The monoisotopic (exact) mass is 304 g/mol. The summed E-state index contributed by atoms with van der Waals surface area (Å²) in [4.78, 5) is 15.0. The SMILES string of the molecule is CC(C)(C)c1ccc(Nc2ccc(Cl)c(C(=O)O)n2)cc1. The van der Waals surface area contributed by atoms with E-state index < -0.39 is 5.97 Å². The summed E-state index contributed by atoms with van der Waals surface area (Å²) in [6.45, 7) is 6.44. The van der Waals surface area contributed by atoms with Crippen LogP contribution < -0.4 is 5.32 Å². The van der Waals surface area contributed by atoms with Gasteiger partial charge >= 0.3 is 5.97 Å². The molecule has 2 N–H and O–H groups in total. The zero-order valence-electron chi connectivity index (χ0n) is 12.1. The average molecular weight is 305 g/mol. The molecular formula is C16H17ClN2O2. The zero-order chi connectivity index (χ0) is 15.6. The van der Waals surface area contributed by atoms with Gasteiger partial charge in [0.1, 0.15) is 5.82 Å². The Kier molecular flexibility index (Phi) is 4.19. The molecule has 0 aliphatic carbocycles. The van der Waals surface area contributed by atoms with Crippen molar-refractivity contribution in [1.29, 1.82) is 0 Å². The molecule has 5 heteroatoms. The molecule has 0 unspecified atom stereocenters. The number of nitrogens with zero attached hydrogens (tertiary/aromatic N) is 1. The van der Waals surface area contributed by atoms with Crippen molar-refractivity contribution in [2.45, 2.75) is 26.2 Å². The van der Waals surface area contributed by atoms with E-state index in [1.807, 2.05) is 24.3 Å². The minimum atomic E-state index is -1.15. The molecule has 21 heavy (non-hydrogen) atoms. The van der Waals surface area contributed by atoms with Gasteiger partial charge in [0.25, 0.3) is 0 Å². The lowest BCUT2D eigenvalue weighted by Crippen LogP contribution is -2.10. The Labute approximate surface area is 128 Å². The van der Waals surface area contributed by atoms with Gasteiger partial charge in [0, 0.05) is 5.69 Å². The van der Waals surface area contributed by atoms with Gasteiger partial charge in [0.05, 0.1) is 5.02 Å². The lowest BCUT2D eigenvalue weighted by atomic mass is 9.87. The first-order chi connectivity index (χ1) is 9.77. The molecule has 0 fully saturated rings. The van der Waals surface area contributed by atoms with Gasteiger partial charge in [0.15, 0.2) is 5.69 Å². The van der Waals surface area contributed by atoms with Crippen molar-refractivity contribution in [1.82, 2.24) is 4.98 Å². The van der Waals surface area contributed by atoms with Crippen LogP contribution in [0.3, 0.4) is 0 Å². The molecule has 2 aromatic rings. The van der Waals surface area contributed by atoms with Crippen LogP contribution >= 0.6 is 11.6 Å². The smallest absolute Gasteiger partial charge is 0.356 e. The molecule has 0 aliphatic heterocycles. The highest BCUT2D eigenvalue weighted by atomic mass is 35.5. The Morgan fingerprint density at radius 1 is 1.14 bits per heavy atom. The second-order valence-electron chi connectivity index (χ2n) is 5.78. The third-order valence-corrected chi connectivity index (χ3v) is 3.38. The molecular weight excluding hydrogens is 288 g/mol. The number of aromatic carboxylic acids is 1. The molecule has 1 aromatic carbocycles. The van der Waals surface area contributed by atoms with Gasteiger partial charge in [-0.15, -0.1) is 0 Å². The highest BCUT2D eigenvalue weighted by Gasteiger charge is 2.14. The van der Waals surface area contributed by atoms with Crippen molar-refractivity contribution in [3.63, 3.8) is 0 Å². The fraction of sp³-hybridized carbons (Fsp3) is 0.250. The number of carboxylic acids is 1. The summed E-state index contributed by atoms with van der Waals surface area (Å²) in [5.74, 6) is -0.702. The third-order valence-electron chi connectivity index (χ3n) is 3.07. The van der Waals surface area contributed by atoms with Crippen molar-refractivity contribution in [3.8, 4) is 0 Å². The van der Waals surface area contributed by atoms with E-state index in [0.717, 1.165) is 5.69 Å². The van der Waals surface area contributed by atoms with E-state index in [9.17, 15) is 4.79 Å². The Hall–Kier alpha value is -2.07. The normalized spacial score (nSPS) is 11.2. The van der Waals surface area contributed by atoms with Crippen molar-refractivity contribution in [2.24, 2.45) is 0 Å². The Morgan fingerprint density at radius 2 is 1.76 bits per heavy atom. The van der Waals surface area contributed by atoms with E-state index in [1.165, 1.54) is 11.6 Å². The number of hydrogen-bond acceptors (Lipinski definition) is 3. The van der Waals surface area contributed by atoms with E-state index >= 15 is 0 Å².